The highest BCUT2D eigenvalue weighted by atomic mass is 16.6. The largest absolute Gasteiger partial charge is 0.494 e. The zero-order valence-electron chi connectivity index (χ0n) is 18.0. The average Bonchev–Trinajstić information content (AvgIpc) is 3.35. The SMILES string of the molecule is O=C1NC(=O)/C(=C\c2ccc(N=C(c3ccccc3)c3c(O)[nH]c4ccc([N+](=O)[O-])cc34)cc2)N1. The molecule has 3 aromatic carbocycles. The Labute approximate surface area is 197 Å². The van der Waals surface area contributed by atoms with Crippen molar-refractivity contribution in [1.82, 2.24) is 15.6 Å². The molecule has 0 spiro atoms. The Hall–Kier alpha value is -5.25. The van der Waals surface area contributed by atoms with Crippen LogP contribution in [0.1, 0.15) is 16.7 Å². The van der Waals surface area contributed by atoms with E-state index < -0.39 is 16.9 Å². The number of nitrogens with zero attached hydrogens (tertiary/aromatic N) is 2. The van der Waals surface area contributed by atoms with Gasteiger partial charge < -0.3 is 15.4 Å². The van der Waals surface area contributed by atoms with Crippen LogP contribution in [0.15, 0.2) is 83.5 Å². The van der Waals surface area contributed by atoms with Gasteiger partial charge in [-0.15, -0.1) is 0 Å². The zero-order valence-corrected chi connectivity index (χ0v) is 18.0. The molecule has 0 saturated carbocycles. The Bertz CT molecular complexity index is 1550. The number of carbonyl (C=O) groups is 2. The molecule has 35 heavy (non-hydrogen) atoms. The number of rotatable bonds is 5. The summed E-state index contributed by atoms with van der Waals surface area (Å²) in [4.78, 5) is 41.5. The number of aliphatic imine (C=N–C) groups is 1. The molecule has 2 heterocycles. The minimum atomic E-state index is -0.575. The van der Waals surface area contributed by atoms with Crippen molar-refractivity contribution in [3.63, 3.8) is 0 Å². The molecule has 1 saturated heterocycles. The summed E-state index contributed by atoms with van der Waals surface area (Å²) in [5.41, 5.74) is 3.24. The lowest BCUT2D eigenvalue weighted by molar-refractivity contribution is -0.384. The number of non-ortho nitro benzene ring substituents is 1. The van der Waals surface area contributed by atoms with E-state index in [1.165, 1.54) is 18.2 Å². The maximum Gasteiger partial charge on any atom is 0.326 e. The molecule has 10 nitrogen and oxygen atoms in total. The second-order valence-corrected chi connectivity index (χ2v) is 7.72. The van der Waals surface area contributed by atoms with Crippen LogP contribution in [0, 0.1) is 10.1 Å². The summed E-state index contributed by atoms with van der Waals surface area (Å²) < 4.78 is 0. The minimum Gasteiger partial charge on any atom is -0.494 e. The average molecular weight is 467 g/mol. The summed E-state index contributed by atoms with van der Waals surface area (Å²) in [7, 11) is 0. The quantitative estimate of drug-likeness (QED) is 0.114. The van der Waals surface area contributed by atoms with Crippen LogP contribution in [-0.2, 0) is 4.79 Å². The molecule has 172 valence electrons. The van der Waals surface area contributed by atoms with Crippen molar-refractivity contribution in [2.24, 2.45) is 4.99 Å². The molecule has 0 unspecified atom stereocenters. The lowest BCUT2D eigenvalue weighted by Gasteiger charge is -2.08. The number of hydrogen-bond acceptors (Lipinski definition) is 6. The number of fused-ring (bicyclic) bond motifs is 1. The van der Waals surface area contributed by atoms with Crippen molar-refractivity contribution in [2.75, 3.05) is 0 Å². The topological polar surface area (TPSA) is 150 Å². The Morgan fingerprint density at radius 3 is 2.37 bits per heavy atom. The second-order valence-electron chi connectivity index (χ2n) is 7.72. The number of H-pyrrole nitrogens is 1. The first kappa shape index (κ1) is 21.6. The van der Waals surface area contributed by atoms with Crippen LogP contribution in [0.3, 0.4) is 0 Å². The van der Waals surface area contributed by atoms with Crippen LogP contribution in [0.5, 0.6) is 5.88 Å². The van der Waals surface area contributed by atoms with Crippen LogP contribution < -0.4 is 10.6 Å². The van der Waals surface area contributed by atoms with Gasteiger partial charge >= 0.3 is 6.03 Å². The number of urea groups is 1. The minimum absolute atomic E-state index is 0.106. The van der Waals surface area contributed by atoms with Gasteiger partial charge in [0.05, 0.1) is 21.9 Å². The van der Waals surface area contributed by atoms with E-state index in [4.69, 9.17) is 4.99 Å². The number of nitro groups is 1. The third kappa shape index (κ3) is 4.23. The summed E-state index contributed by atoms with van der Waals surface area (Å²) in [6, 6.07) is 19.8. The number of nitrogens with one attached hydrogen (secondary N) is 3. The normalized spacial score (nSPS) is 14.9. The number of aromatic amines is 1. The fourth-order valence-electron chi connectivity index (χ4n) is 3.80. The number of aromatic hydroxyl groups is 1. The number of nitro benzene ring substituents is 1. The Kier molecular flexibility index (Phi) is 5.30. The van der Waals surface area contributed by atoms with Crippen molar-refractivity contribution in [3.8, 4) is 5.88 Å². The monoisotopic (exact) mass is 467 g/mol. The van der Waals surface area contributed by atoms with Crippen molar-refractivity contribution in [1.29, 1.82) is 0 Å². The lowest BCUT2D eigenvalue weighted by atomic mass is 10.0. The summed E-state index contributed by atoms with van der Waals surface area (Å²) in [6.45, 7) is 0. The molecule has 10 heteroatoms. The number of hydrogen-bond donors (Lipinski definition) is 4. The molecule has 4 N–H and O–H groups in total. The Morgan fingerprint density at radius 2 is 1.71 bits per heavy atom. The van der Waals surface area contributed by atoms with Crippen LogP contribution >= 0.6 is 0 Å². The summed E-state index contributed by atoms with van der Waals surface area (Å²) in [6.07, 6.45) is 1.54. The fourth-order valence-corrected chi connectivity index (χ4v) is 3.80. The van der Waals surface area contributed by atoms with Crippen molar-refractivity contribution in [3.05, 3.63) is 105 Å². The van der Waals surface area contributed by atoms with Crippen molar-refractivity contribution < 1.29 is 19.6 Å². The van der Waals surface area contributed by atoms with E-state index in [2.05, 4.69) is 15.6 Å². The Balaban J connectivity index is 1.61. The maximum absolute atomic E-state index is 11.7. The number of carbonyl (C=O) groups excluding carboxylic acids is 2. The van der Waals surface area contributed by atoms with Gasteiger partial charge in [-0.25, -0.2) is 9.79 Å². The predicted octanol–water partition coefficient (Wildman–Crippen LogP) is 4.13. The third-order valence-corrected chi connectivity index (χ3v) is 5.42. The molecular weight excluding hydrogens is 450 g/mol. The van der Waals surface area contributed by atoms with Gasteiger partial charge in [0, 0.05) is 28.6 Å². The maximum atomic E-state index is 11.7. The van der Waals surface area contributed by atoms with Gasteiger partial charge in [-0.1, -0.05) is 42.5 Å². The first-order valence-corrected chi connectivity index (χ1v) is 10.5. The molecule has 4 aromatic rings. The first-order chi connectivity index (χ1) is 16.9. The summed E-state index contributed by atoms with van der Waals surface area (Å²) in [5.74, 6) is -0.667. The summed E-state index contributed by atoms with van der Waals surface area (Å²) in [5, 5.41) is 27.1. The van der Waals surface area contributed by atoms with E-state index in [0.29, 0.717) is 39.0 Å². The second kappa shape index (κ2) is 8.60. The van der Waals surface area contributed by atoms with Crippen LogP contribution in [0.25, 0.3) is 17.0 Å². The molecule has 1 fully saturated rings. The Morgan fingerprint density at radius 1 is 0.971 bits per heavy atom. The number of aromatic nitrogens is 1. The highest BCUT2D eigenvalue weighted by molar-refractivity contribution is 6.22. The van der Waals surface area contributed by atoms with E-state index in [1.54, 1.807) is 30.3 Å². The lowest BCUT2D eigenvalue weighted by Crippen LogP contribution is -2.22. The number of imide groups is 1. The van der Waals surface area contributed by atoms with Gasteiger partial charge in [-0.2, -0.15) is 0 Å². The van der Waals surface area contributed by atoms with Gasteiger partial charge in [-0.05, 0) is 29.8 Å². The van der Waals surface area contributed by atoms with E-state index in [-0.39, 0.29) is 17.3 Å². The molecule has 0 atom stereocenters. The standard InChI is InChI=1S/C25H17N5O5/c31-23-20(28-25(33)29-23)12-14-6-8-16(9-7-14)26-22(15-4-2-1-3-5-15)21-18-13-17(30(34)35)10-11-19(18)27-24(21)32/h1-13,27,32H,(H2,28,29,31,33)/b20-12+,26-22?. The van der Waals surface area contributed by atoms with Crippen molar-refractivity contribution >= 4 is 46.0 Å². The summed E-state index contributed by atoms with van der Waals surface area (Å²) >= 11 is 0. The van der Waals surface area contributed by atoms with Gasteiger partial charge in [0.15, 0.2) is 5.88 Å². The fraction of sp³-hybridized carbons (Fsp3) is 0. The highest BCUT2D eigenvalue weighted by Crippen LogP contribution is 2.33. The first-order valence-electron chi connectivity index (χ1n) is 10.5. The van der Waals surface area contributed by atoms with Gasteiger partial charge in [0.25, 0.3) is 11.6 Å². The van der Waals surface area contributed by atoms with Gasteiger partial charge in [0.2, 0.25) is 0 Å². The van der Waals surface area contributed by atoms with Crippen LogP contribution in [0.2, 0.25) is 0 Å². The van der Waals surface area contributed by atoms with E-state index in [0.717, 1.165) is 0 Å². The van der Waals surface area contributed by atoms with Gasteiger partial charge in [-0.3, -0.25) is 20.2 Å². The highest BCUT2D eigenvalue weighted by Gasteiger charge is 2.23. The zero-order chi connectivity index (χ0) is 24.5. The number of benzene rings is 3. The van der Waals surface area contributed by atoms with E-state index in [1.807, 2.05) is 30.3 Å². The molecule has 3 amide bonds. The van der Waals surface area contributed by atoms with E-state index in [9.17, 15) is 24.8 Å². The molecule has 1 aromatic heterocycles. The molecule has 0 aliphatic carbocycles. The molecule has 0 bridgehead atoms. The van der Waals surface area contributed by atoms with Crippen molar-refractivity contribution in [2.45, 2.75) is 0 Å². The number of amides is 3. The molecule has 1 aliphatic rings. The predicted molar refractivity (Wildman–Crippen MR) is 129 cm³/mol. The molecule has 5 rings (SSSR count). The molecule has 1 aliphatic heterocycles. The molecular formula is C25H17N5O5. The third-order valence-electron chi connectivity index (χ3n) is 5.42. The van der Waals surface area contributed by atoms with E-state index >= 15 is 0 Å². The molecule has 0 radical (unpaired) electrons. The van der Waals surface area contributed by atoms with Crippen LogP contribution in [-0.4, -0.2) is 32.7 Å². The van der Waals surface area contributed by atoms with Crippen LogP contribution in [0.4, 0.5) is 16.2 Å². The smallest absolute Gasteiger partial charge is 0.326 e. The van der Waals surface area contributed by atoms with Gasteiger partial charge in [0.1, 0.15) is 5.70 Å².